The van der Waals surface area contributed by atoms with Crippen molar-refractivity contribution in [2.75, 3.05) is 19.7 Å². The number of rotatable bonds is 6. The Balaban J connectivity index is 2.12. The fourth-order valence-corrected chi connectivity index (χ4v) is 3.12. The van der Waals surface area contributed by atoms with Gasteiger partial charge in [0.1, 0.15) is 5.75 Å². The molecule has 2 rings (SSSR count). The number of likely N-dealkylation sites (tertiary alicyclic amines) is 1. The highest BCUT2D eigenvalue weighted by atomic mass is 16.5. The molecule has 0 radical (unpaired) electrons. The number of ether oxygens (including phenoxy) is 1. The number of nitrogens with zero attached hydrogens (tertiary/aromatic N) is 1. The van der Waals surface area contributed by atoms with Gasteiger partial charge in [-0.15, -0.1) is 0 Å². The first-order valence-corrected chi connectivity index (χ1v) is 7.48. The van der Waals surface area contributed by atoms with E-state index in [2.05, 4.69) is 36.1 Å². The summed E-state index contributed by atoms with van der Waals surface area (Å²) in [6, 6.07) is 9.47. The largest absolute Gasteiger partial charge is 0.494 e. The average Bonchev–Trinajstić information content (AvgIpc) is 2.90. The Hall–Kier alpha value is -1.06. The number of hydrogen-bond donors (Lipinski definition) is 1. The Kier molecular flexibility index (Phi) is 5.23. The van der Waals surface area contributed by atoms with Crippen molar-refractivity contribution in [2.24, 2.45) is 5.73 Å². The molecule has 3 nitrogen and oxygen atoms in total. The van der Waals surface area contributed by atoms with Crippen LogP contribution in [0.5, 0.6) is 5.75 Å². The van der Waals surface area contributed by atoms with Gasteiger partial charge in [0.15, 0.2) is 0 Å². The molecule has 2 unspecified atom stereocenters. The Morgan fingerprint density at radius 1 is 1.32 bits per heavy atom. The third-order valence-electron chi connectivity index (χ3n) is 4.09. The maximum absolute atomic E-state index is 6.03. The Labute approximate surface area is 116 Å². The van der Waals surface area contributed by atoms with Crippen LogP contribution in [0.25, 0.3) is 0 Å². The summed E-state index contributed by atoms with van der Waals surface area (Å²) in [7, 11) is 0. The highest BCUT2D eigenvalue weighted by Crippen LogP contribution is 2.31. The fraction of sp³-hybridized carbons (Fsp3) is 0.625. The molecule has 0 amide bonds. The van der Waals surface area contributed by atoms with Crippen molar-refractivity contribution in [1.82, 2.24) is 4.90 Å². The van der Waals surface area contributed by atoms with Gasteiger partial charge in [0.05, 0.1) is 6.61 Å². The van der Waals surface area contributed by atoms with Crippen LogP contribution in [0.3, 0.4) is 0 Å². The van der Waals surface area contributed by atoms with Crippen molar-refractivity contribution in [3.63, 3.8) is 0 Å². The zero-order valence-corrected chi connectivity index (χ0v) is 12.1. The van der Waals surface area contributed by atoms with Crippen molar-refractivity contribution < 1.29 is 4.74 Å². The van der Waals surface area contributed by atoms with Crippen molar-refractivity contribution in [3.8, 4) is 5.75 Å². The quantitative estimate of drug-likeness (QED) is 0.856. The second-order valence-electron chi connectivity index (χ2n) is 5.20. The smallest absolute Gasteiger partial charge is 0.119 e. The average molecular weight is 262 g/mol. The molecule has 1 heterocycles. The van der Waals surface area contributed by atoms with Crippen LogP contribution in [-0.4, -0.2) is 30.6 Å². The summed E-state index contributed by atoms with van der Waals surface area (Å²) in [5, 5.41) is 0. The van der Waals surface area contributed by atoms with Crippen LogP contribution in [0.1, 0.15) is 44.7 Å². The van der Waals surface area contributed by atoms with Gasteiger partial charge in [-0.2, -0.15) is 0 Å². The van der Waals surface area contributed by atoms with Gasteiger partial charge >= 0.3 is 0 Å². The standard InChI is InChI=1S/C16H26N2O/c1-3-14-6-5-11-18(14)16(12-17)13-7-9-15(10-8-13)19-4-2/h7-10,14,16H,3-6,11-12,17H2,1-2H3. The second-order valence-corrected chi connectivity index (χ2v) is 5.20. The molecule has 1 fully saturated rings. The first-order valence-electron chi connectivity index (χ1n) is 7.48. The molecule has 0 bridgehead atoms. The van der Waals surface area contributed by atoms with Crippen molar-refractivity contribution in [1.29, 1.82) is 0 Å². The molecular formula is C16H26N2O. The van der Waals surface area contributed by atoms with E-state index in [9.17, 15) is 0 Å². The second kappa shape index (κ2) is 6.92. The number of nitrogens with two attached hydrogens (primary N) is 1. The Morgan fingerprint density at radius 2 is 2.05 bits per heavy atom. The molecule has 19 heavy (non-hydrogen) atoms. The SMILES string of the molecule is CCOc1ccc(C(CN)N2CCCC2CC)cc1. The van der Waals surface area contributed by atoms with Crippen molar-refractivity contribution in [2.45, 2.75) is 45.2 Å². The van der Waals surface area contributed by atoms with Crippen LogP contribution in [0.4, 0.5) is 0 Å². The van der Waals surface area contributed by atoms with Gasteiger partial charge in [-0.25, -0.2) is 0 Å². The maximum Gasteiger partial charge on any atom is 0.119 e. The molecule has 0 aliphatic carbocycles. The van der Waals surface area contributed by atoms with E-state index < -0.39 is 0 Å². The highest BCUT2D eigenvalue weighted by molar-refractivity contribution is 5.29. The van der Waals surface area contributed by atoms with Gasteiger partial charge in [-0.1, -0.05) is 19.1 Å². The molecule has 0 saturated carbocycles. The lowest BCUT2D eigenvalue weighted by atomic mass is 10.0. The third kappa shape index (κ3) is 3.28. The van der Waals surface area contributed by atoms with E-state index >= 15 is 0 Å². The van der Waals surface area contributed by atoms with Gasteiger partial charge < -0.3 is 10.5 Å². The predicted molar refractivity (Wildman–Crippen MR) is 79.4 cm³/mol. The number of benzene rings is 1. The monoisotopic (exact) mass is 262 g/mol. The van der Waals surface area contributed by atoms with E-state index in [1.807, 2.05) is 6.92 Å². The predicted octanol–water partition coefficient (Wildman–Crippen LogP) is 2.96. The summed E-state index contributed by atoms with van der Waals surface area (Å²) in [6.45, 7) is 6.85. The van der Waals surface area contributed by atoms with Crippen molar-refractivity contribution in [3.05, 3.63) is 29.8 Å². The Bertz CT molecular complexity index is 377. The highest BCUT2D eigenvalue weighted by Gasteiger charge is 2.29. The first kappa shape index (κ1) is 14.4. The third-order valence-corrected chi connectivity index (χ3v) is 4.09. The molecule has 106 valence electrons. The van der Waals surface area contributed by atoms with E-state index in [1.165, 1.54) is 31.4 Å². The number of hydrogen-bond acceptors (Lipinski definition) is 3. The minimum absolute atomic E-state index is 0.350. The summed E-state index contributed by atoms with van der Waals surface area (Å²) in [6.07, 6.45) is 3.82. The maximum atomic E-state index is 6.03. The van der Waals surface area contributed by atoms with Crippen LogP contribution in [-0.2, 0) is 0 Å². The van der Waals surface area contributed by atoms with Gasteiger partial charge in [0.25, 0.3) is 0 Å². The summed E-state index contributed by atoms with van der Waals surface area (Å²) in [4.78, 5) is 2.58. The lowest BCUT2D eigenvalue weighted by Gasteiger charge is -2.32. The lowest BCUT2D eigenvalue weighted by Crippen LogP contribution is -2.37. The van der Waals surface area contributed by atoms with Gasteiger partial charge in [0.2, 0.25) is 0 Å². The van der Waals surface area contributed by atoms with E-state index in [0.717, 1.165) is 5.75 Å². The molecule has 1 aliphatic heterocycles. The molecule has 1 aliphatic rings. The van der Waals surface area contributed by atoms with Gasteiger partial charge in [-0.3, -0.25) is 4.90 Å². The van der Waals surface area contributed by atoms with E-state index in [1.54, 1.807) is 0 Å². The Morgan fingerprint density at radius 3 is 2.63 bits per heavy atom. The lowest BCUT2D eigenvalue weighted by molar-refractivity contribution is 0.180. The summed E-state index contributed by atoms with van der Waals surface area (Å²) in [5.41, 5.74) is 7.34. The van der Waals surface area contributed by atoms with E-state index in [0.29, 0.717) is 25.2 Å². The zero-order chi connectivity index (χ0) is 13.7. The van der Waals surface area contributed by atoms with Gasteiger partial charge in [-0.05, 0) is 50.4 Å². The van der Waals surface area contributed by atoms with E-state index in [4.69, 9.17) is 10.5 Å². The van der Waals surface area contributed by atoms with Crippen LogP contribution in [0.15, 0.2) is 24.3 Å². The molecule has 1 aromatic rings. The van der Waals surface area contributed by atoms with Crippen LogP contribution < -0.4 is 10.5 Å². The molecular weight excluding hydrogens is 236 g/mol. The van der Waals surface area contributed by atoms with E-state index in [-0.39, 0.29) is 0 Å². The molecule has 2 N–H and O–H groups in total. The first-order chi connectivity index (χ1) is 9.30. The molecule has 3 heteroatoms. The van der Waals surface area contributed by atoms with Gasteiger partial charge in [0, 0.05) is 18.6 Å². The molecule has 2 atom stereocenters. The van der Waals surface area contributed by atoms with Crippen LogP contribution >= 0.6 is 0 Å². The topological polar surface area (TPSA) is 38.5 Å². The summed E-state index contributed by atoms with van der Waals surface area (Å²) in [5.74, 6) is 0.940. The molecule has 1 saturated heterocycles. The molecule has 0 spiro atoms. The summed E-state index contributed by atoms with van der Waals surface area (Å²) >= 11 is 0. The summed E-state index contributed by atoms with van der Waals surface area (Å²) < 4.78 is 5.50. The van der Waals surface area contributed by atoms with Crippen LogP contribution in [0.2, 0.25) is 0 Å². The minimum atomic E-state index is 0.350. The molecule has 0 aromatic heterocycles. The van der Waals surface area contributed by atoms with Crippen LogP contribution in [0, 0.1) is 0 Å². The van der Waals surface area contributed by atoms with Crippen molar-refractivity contribution >= 4 is 0 Å². The fourth-order valence-electron chi connectivity index (χ4n) is 3.12. The minimum Gasteiger partial charge on any atom is -0.494 e. The molecule has 1 aromatic carbocycles. The zero-order valence-electron chi connectivity index (χ0n) is 12.1. The normalized spacial score (nSPS) is 21.5.